The molecule has 0 saturated carbocycles. The molecule has 53 heavy (non-hydrogen) atoms. The second-order valence-corrected chi connectivity index (χ2v) is 13.4. The van der Waals surface area contributed by atoms with E-state index in [4.69, 9.17) is 28.4 Å². The van der Waals surface area contributed by atoms with E-state index in [0.29, 0.717) is 52.5 Å². The molecule has 18 nitrogen and oxygen atoms in total. The number of unbranched alkanes of at least 4 members (excludes halogenated alkanes) is 1. The smallest absolute Gasteiger partial charge is 0.337 e. The van der Waals surface area contributed by atoms with E-state index in [-0.39, 0.29) is 61.8 Å². The molecule has 2 rings (SSSR count). The lowest BCUT2D eigenvalue weighted by molar-refractivity contribution is -0.238. The molecule has 0 aliphatic carbocycles. The lowest BCUT2D eigenvalue weighted by Gasteiger charge is -2.38. The Kier molecular flexibility index (Phi) is 20.8. The highest BCUT2D eigenvalue weighted by atomic mass is 32.1. The van der Waals surface area contributed by atoms with Crippen molar-refractivity contribution in [1.82, 2.24) is 15.4 Å². The summed E-state index contributed by atoms with van der Waals surface area (Å²) in [6, 6.07) is 3.79. The minimum atomic E-state index is -1.76. The molecule has 0 aromatic heterocycles. The summed E-state index contributed by atoms with van der Waals surface area (Å²) in [4.78, 5) is 83.8. The van der Waals surface area contributed by atoms with Crippen molar-refractivity contribution in [2.24, 2.45) is 0 Å². The molecule has 0 spiro atoms. The highest BCUT2D eigenvalue weighted by Gasteiger charge is 2.47. The maximum absolute atomic E-state index is 13.0. The van der Waals surface area contributed by atoms with Crippen LogP contribution in [-0.4, -0.2) is 117 Å². The van der Waals surface area contributed by atoms with E-state index in [2.05, 4.69) is 33.5 Å². The summed E-state index contributed by atoms with van der Waals surface area (Å²) in [6.45, 7) is 5.32. The number of carbonyl (C=O) groups excluding carboxylic acids is 6. The van der Waals surface area contributed by atoms with E-state index in [0.717, 1.165) is 6.92 Å². The first kappa shape index (κ1) is 45.2. The van der Waals surface area contributed by atoms with Gasteiger partial charge < -0.3 is 49.5 Å². The third-order valence-corrected chi connectivity index (χ3v) is 8.61. The Balaban J connectivity index is 1.97. The number of benzene rings is 1. The van der Waals surface area contributed by atoms with Crippen molar-refractivity contribution in [3.63, 3.8) is 0 Å². The van der Waals surface area contributed by atoms with Gasteiger partial charge in [0.15, 0.2) is 12.2 Å². The summed E-state index contributed by atoms with van der Waals surface area (Å²) in [5.74, 6) is -3.80. The number of aliphatic carboxylic acids is 1. The van der Waals surface area contributed by atoms with Crippen LogP contribution < -0.4 is 25.4 Å². The minimum Gasteiger partial charge on any atom is -0.479 e. The Hall–Kier alpha value is -3.97. The van der Waals surface area contributed by atoms with Crippen LogP contribution in [0, 0.1) is 0 Å². The Morgan fingerprint density at radius 2 is 1.87 bits per heavy atom. The quantitative estimate of drug-likeness (QED) is 0.0160. The number of rotatable bonds is 24. The maximum Gasteiger partial charge on any atom is 0.337 e. The molecule has 5 N–H and O–H groups in total. The van der Waals surface area contributed by atoms with Crippen molar-refractivity contribution in [3.05, 3.63) is 23.8 Å². The van der Waals surface area contributed by atoms with Crippen molar-refractivity contribution >= 4 is 76.9 Å². The van der Waals surface area contributed by atoms with Crippen molar-refractivity contribution in [2.75, 3.05) is 30.9 Å². The van der Waals surface area contributed by atoms with Gasteiger partial charge in [0, 0.05) is 32.6 Å². The average Bonchev–Trinajstić information content (AvgIpc) is 3.08. The summed E-state index contributed by atoms with van der Waals surface area (Å²) < 4.78 is 34.7. The number of hydrogen-bond donors (Lipinski definition) is 6. The van der Waals surface area contributed by atoms with Crippen LogP contribution in [0.4, 0.5) is 10.5 Å². The van der Waals surface area contributed by atoms with Gasteiger partial charge in [-0.2, -0.15) is 0 Å². The molecule has 21 heteroatoms. The van der Waals surface area contributed by atoms with Gasteiger partial charge in [-0.05, 0) is 50.8 Å². The van der Waals surface area contributed by atoms with Crippen molar-refractivity contribution in [2.45, 2.75) is 96.2 Å². The predicted molar refractivity (Wildman–Crippen MR) is 197 cm³/mol. The third-order valence-electron chi connectivity index (χ3n) is 7.35. The lowest BCUT2D eigenvalue weighted by Crippen LogP contribution is -2.55. The number of anilines is 1. The zero-order valence-electron chi connectivity index (χ0n) is 30.0. The van der Waals surface area contributed by atoms with Crippen LogP contribution in [0.2, 0.25) is 0 Å². The average molecular weight is 787 g/mol. The number of amides is 3. The summed E-state index contributed by atoms with van der Waals surface area (Å²) in [6.07, 6.45) is -3.38. The van der Waals surface area contributed by atoms with E-state index >= 15 is 0 Å². The standard InChI is InChI=1S/C32H48BN4O14PS/c1-18(2)48-17-52-15-26(41)34-10-5-4-6-21(37-53)30(42)35-11-9-25(40)36-22-12-20(14-46-32(33)45)7-8-23(22)50-27-13-24(47-16-38)28(49-19(3)39)29(51-27)31(43)44/h7-8,12,16,18,21,24,27-29,37,52-53H,4-6,9-11,13-15,17,33H2,1-3H3,(H,34,41)(H,35,42)(H,36,40)(H,43,44)/t21?,24?,27?,28-,29?/m0/s1. The second kappa shape index (κ2) is 24.4. The molecule has 1 fully saturated rings. The highest BCUT2D eigenvalue weighted by Crippen LogP contribution is 2.32. The normalized spacial score (nSPS) is 18.8. The van der Waals surface area contributed by atoms with Gasteiger partial charge in [0.2, 0.25) is 37.7 Å². The molecular formula is C32H48BN4O14PS. The second-order valence-electron chi connectivity index (χ2n) is 12.0. The van der Waals surface area contributed by atoms with Gasteiger partial charge in [0.25, 0.3) is 6.47 Å². The van der Waals surface area contributed by atoms with Gasteiger partial charge in [0.1, 0.15) is 18.5 Å². The number of nitrogens with one attached hydrogen (secondary N) is 4. The molecule has 5 unspecified atom stereocenters. The monoisotopic (exact) mass is 786 g/mol. The van der Waals surface area contributed by atoms with Crippen LogP contribution in [-0.2, 0) is 59.1 Å². The fourth-order valence-corrected chi connectivity index (χ4v) is 6.01. The fraction of sp³-hybridized carbons (Fsp3) is 0.594. The molecule has 0 radical (unpaired) electrons. The lowest BCUT2D eigenvalue weighted by atomic mass is 10.0. The largest absolute Gasteiger partial charge is 0.479 e. The maximum atomic E-state index is 13.0. The zero-order valence-corrected chi connectivity index (χ0v) is 31.9. The molecule has 1 aromatic carbocycles. The van der Waals surface area contributed by atoms with E-state index in [1.54, 1.807) is 0 Å². The molecule has 294 valence electrons. The number of thiol groups is 1. The predicted octanol–water partition coefficient (Wildman–Crippen LogP) is 0.603. The Morgan fingerprint density at radius 3 is 2.51 bits per heavy atom. The number of esters is 1. The Bertz CT molecular complexity index is 1410. The first-order chi connectivity index (χ1) is 25.2. The first-order valence-electron chi connectivity index (χ1n) is 16.9. The van der Waals surface area contributed by atoms with Gasteiger partial charge in [-0.3, -0.25) is 33.5 Å². The van der Waals surface area contributed by atoms with Gasteiger partial charge in [-0.25, -0.2) is 4.79 Å². The zero-order chi connectivity index (χ0) is 39.3. The van der Waals surface area contributed by atoms with E-state index in [9.17, 15) is 38.7 Å². The van der Waals surface area contributed by atoms with E-state index < -0.39 is 54.4 Å². The van der Waals surface area contributed by atoms with Crippen LogP contribution in [0.25, 0.3) is 0 Å². The van der Waals surface area contributed by atoms with Crippen LogP contribution >= 0.6 is 21.4 Å². The molecule has 1 aromatic rings. The molecule has 1 saturated heterocycles. The number of ether oxygens (including phenoxy) is 6. The minimum absolute atomic E-state index is 0.0231. The van der Waals surface area contributed by atoms with Crippen LogP contribution in [0.3, 0.4) is 0 Å². The van der Waals surface area contributed by atoms with Crippen LogP contribution in [0.15, 0.2) is 18.2 Å². The van der Waals surface area contributed by atoms with E-state index in [1.165, 1.54) is 26.0 Å². The van der Waals surface area contributed by atoms with Crippen LogP contribution in [0.1, 0.15) is 58.4 Å². The van der Waals surface area contributed by atoms with Crippen molar-refractivity contribution < 1.29 is 67.1 Å². The molecule has 1 heterocycles. The fourth-order valence-electron chi connectivity index (χ4n) is 4.86. The van der Waals surface area contributed by atoms with E-state index in [1.807, 2.05) is 13.8 Å². The van der Waals surface area contributed by atoms with Crippen LogP contribution in [0.5, 0.6) is 5.75 Å². The SMILES string of the molecule is BC(=O)OCc1ccc(OC2CC(OC=O)[C@H](OC(C)=O)C(C(=O)O)O2)c(NC(=O)CCNC(=O)C(CCCCNC(=O)CPCOC(C)C)NS)c1. The molecule has 1 aliphatic heterocycles. The van der Waals surface area contributed by atoms with Crippen molar-refractivity contribution in [3.8, 4) is 5.75 Å². The molecule has 0 bridgehead atoms. The van der Waals surface area contributed by atoms with Gasteiger partial charge in [-0.1, -0.05) is 27.5 Å². The topological polar surface area (TPSA) is 243 Å². The van der Waals surface area contributed by atoms with Crippen molar-refractivity contribution in [1.29, 1.82) is 0 Å². The number of carboxylic acids is 1. The summed E-state index contributed by atoms with van der Waals surface area (Å²) in [7, 11) is 1.62. The molecule has 3 amide bonds. The summed E-state index contributed by atoms with van der Waals surface area (Å²) in [5, 5.41) is 17.9. The number of carbonyl (C=O) groups is 7. The Labute approximate surface area is 315 Å². The highest BCUT2D eigenvalue weighted by molar-refractivity contribution is 7.78. The molecular weight excluding hydrogens is 738 g/mol. The molecule has 6 atom stereocenters. The molecule has 1 aliphatic rings. The van der Waals surface area contributed by atoms with Gasteiger partial charge in [0.05, 0.1) is 30.6 Å². The van der Waals surface area contributed by atoms with Gasteiger partial charge >= 0.3 is 11.9 Å². The Morgan fingerprint density at radius 1 is 1.11 bits per heavy atom. The van der Waals surface area contributed by atoms with Gasteiger partial charge in [-0.15, -0.1) is 0 Å². The summed E-state index contributed by atoms with van der Waals surface area (Å²) >= 11 is 4.06. The number of carboxylic acid groups (broad SMARTS) is 1. The number of hydrogen-bond acceptors (Lipinski definition) is 15. The summed E-state index contributed by atoms with van der Waals surface area (Å²) in [5.41, 5.74) is 0.572. The third kappa shape index (κ3) is 17.6. The first-order valence-corrected chi connectivity index (χ1v) is 18.7.